The molecule has 0 spiro atoms. The Morgan fingerprint density at radius 3 is 2.79 bits per heavy atom. The molecule has 0 saturated carbocycles. The molecular formula is C17H15FN4OS. The maximum Gasteiger partial charge on any atom is 0.222 e. The van der Waals surface area contributed by atoms with Gasteiger partial charge in [-0.2, -0.15) is 0 Å². The van der Waals surface area contributed by atoms with E-state index in [1.165, 1.54) is 23.5 Å². The second-order valence-corrected chi connectivity index (χ2v) is 6.73. The first-order valence-corrected chi connectivity index (χ1v) is 8.54. The number of rotatable bonds is 3. The number of amides is 1. The third-order valence-corrected chi connectivity index (χ3v) is 5.28. The van der Waals surface area contributed by atoms with Crippen LogP contribution in [0.4, 0.5) is 10.2 Å². The molecule has 1 aliphatic rings. The molecule has 1 fully saturated rings. The van der Waals surface area contributed by atoms with Gasteiger partial charge in [0.1, 0.15) is 22.8 Å². The van der Waals surface area contributed by atoms with Gasteiger partial charge in [0.15, 0.2) is 0 Å². The summed E-state index contributed by atoms with van der Waals surface area (Å²) in [4.78, 5) is 23.2. The molecule has 7 heteroatoms. The summed E-state index contributed by atoms with van der Waals surface area (Å²) in [7, 11) is 0. The number of halogens is 1. The fourth-order valence-corrected chi connectivity index (χ4v) is 4.04. The number of hydrogen-bond donors (Lipinski definition) is 1. The summed E-state index contributed by atoms with van der Waals surface area (Å²) in [5.41, 5.74) is 7.33. The number of benzene rings is 1. The first-order valence-electron chi connectivity index (χ1n) is 7.66. The predicted molar refractivity (Wildman–Crippen MR) is 92.3 cm³/mol. The van der Waals surface area contributed by atoms with Gasteiger partial charge in [-0.1, -0.05) is 12.1 Å². The largest absolute Gasteiger partial charge is 0.369 e. The fraction of sp³-hybridized carbons (Fsp3) is 0.235. The maximum atomic E-state index is 13.2. The number of carbonyl (C=O) groups excluding carboxylic acids is 1. The summed E-state index contributed by atoms with van der Waals surface area (Å²) >= 11 is 1.53. The Kier molecular flexibility index (Phi) is 3.65. The van der Waals surface area contributed by atoms with Gasteiger partial charge in [-0.25, -0.2) is 14.4 Å². The molecule has 1 saturated heterocycles. The Morgan fingerprint density at radius 2 is 2.08 bits per heavy atom. The molecule has 1 aromatic carbocycles. The fourth-order valence-electron chi connectivity index (χ4n) is 3.13. The minimum Gasteiger partial charge on any atom is -0.369 e. The standard InChI is InChI=1S/C17H15FN4OS/c18-12-3-1-10(2-4-12)13-8-24-17-14(13)16(20-9-21-17)22-6-5-11(7-22)15(19)23/h1-4,8-9,11H,5-7H2,(H2,19,23). The van der Waals surface area contributed by atoms with E-state index in [9.17, 15) is 9.18 Å². The van der Waals surface area contributed by atoms with Gasteiger partial charge in [-0.15, -0.1) is 11.3 Å². The van der Waals surface area contributed by atoms with Crippen molar-refractivity contribution in [2.24, 2.45) is 11.7 Å². The van der Waals surface area contributed by atoms with Gasteiger partial charge in [-0.05, 0) is 24.1 Å². The summed E-state index contributed by atoms with van der Waals surface area (Å²) in [6, 6.07) is 6.40. The summed E-state index contributed by atoms with van der Waals surface area (Å²) in [6.07, 6.45) is 2.27. The van der Waals surface area contributed by atoms with E-state index in [-0.39, 0.29) is 17.6 Å². The van der Waals surface area contributed by atoms with Crippen LogP contribution in [0.2, 0.25) is 0 Å². The highest BCUT2D eigenvalue weighted by Gasteiger charge is 2.29. The molecule has 4 rings (SSSR count). The lowest BCUT2D eigenvalue weighted by molar-refractivity contribution is -0.121. The first kappa shape index (κ1) is 15.0. The van der Waals surface area contributed by atoms with Crippen molar-refractivity contribution in [3.05, 3.63) is 41.8 Å². The Balaban J connectivity index is 1.81. The second kappa shape index (κ2) is 5.83. The topological polar surface area (TPSA) is 72.1 Å². The van der Waals surface area contributed by atoms with Crippen LogP contribution in [0.25, 0.3) is 21.3 Å². The van der Waals surface area contributed by atoms with Crippen molar-refractivity contribution in [1.82, 2.24) is 9.97 Å². The van der Waals surface area contributed by atoms with E-state index >= 15 is 0 Å². The highest BCUT2D eigenvalue weighted by atomic mass is 32.1. The molecule has 3 heterocycles. The zero-order chi connectivity index (χ0) is 16.7. The lowest BCUT2D eigenvalue weighted by atomic mass is 10.1. The Hall–Kier alpha value is -2.54. The highest BCUT2D eigenvalue weighted by molar-refractivity contribution is 7.17. The van der Waals surface area contributed by atoms with Gasteiger partial charge >= 0.3 is 0 Å². The normalized spacial score (nSPS) is 17.5. The molecule has 24 heavy (non-hydrogen) atoms. The number of nitrogens with two attached hydrogens (primary N) is 1. The number of carbonyl (C=O) groups is 1. The van der Waals surface area contributed by atoms with Crippen LogP contribution in [0.1, 0.15) is 6.42 Å². The Labute approximate surface area is 141 Å². The quantitative estimate of drug-likeness (QED) is 0.794. The van der Waals surface area contributed by atoms with Crippen LogP contribution >= 0.6 is 11.3 Å². The van der Waals surface area contributed by atoms with E-state index in [1.54, 1.807) is 18.5 Å². The van der Waals surface area contributed by atoms with E-state index < -0.39 is 0 Å². The van der Waals surface area contributed by atoms with Gasteiger partial charge in [0.2, 0.25) is 5.91 Å². The molecule has 1 unspecified atom stereocenters. The van der Waals surface area contributed by atoms with E-state index in [0.717, 1.165) is 40.1 Å². The second-order valence-electron chi connectivity index (χ2n) is 5.87. The minimum atomic E-state index is -0.271. The third kappa shape index (κ3) is 2.50. The smallest absolute Gasteiger partial charge is 0.222 e. The lowest BCUT2D eigenvalue weighted by Crippen LogP contribution is -2.27. The van der Waals surface area contributed by atoms with E-state index in [0.29, 0.717) is 6.54 Å². The number of thiophene rings is 1. The van der Waals surface area contributed by atoms with Crippen molar-refractivity contribution in [1.29, 1.82) is 0 Å². The number of nitrogens with zero attached hydrogens (tertiary/aromatic N) is 3. The SMILES string of the molecule is NC(=O)C1CCN(c2ncnc3scc(-c4ccc(F)cc4)c23)C1. The molecular weight excluding hydrogens is 327 g/mol. The van der Waals surface area contributed by atoms with Gasteiger partial charge in [0, 0.05) is 24.0 Å². The number of hydrogen-bond acceptors (Lipinski definition) is 5. The van der Waals surface area contributed by atoms with Crippen LogP contribution in [0, 0.1) is 11.7 Å². The predicted octanol–water partition coefficient (Wildman–Crippen LogP) is 2.81. The van der Waals surface area contributed by atoms with Gasteiger partial charge in [0.25, 0.3) is 0 Å². The molecule has 1 atom stereocenters. The average Bonchev–Trinajstić information content (AvgIpc) is 3.22. The van der Waals surface area contributed by atoms with Crippen molar-refractivity contribution in [3.63, 3.8) is 0 Å². The maximum absolute atomic E-state index is 13.2. The molecule has 3 aromatic rings. The highest BCUT2D eigenvalue weighted by Crippen LogP contribution is 2.39. The molecule has 0 aliphatic carbocycles. The Bertz CT molecular complexity index is 909. The number of primary amides is 1. The van der Waals surface area contributed by atoms with Crippen LogP contribution in [0.15, 0.2) is 36.0 Å². The van der Waals surface area contributed by atoms with Crippen LogP contribution < -0.4 is 10.6 Å². The van der Waals surface area contributed by atoms with Crippen molar-refractivity contribution >= 4 is 33.3 Å². The molecule has 1 amide bonds. The molecule has 2 N–H and O–H groups in total. The van der Waals surface area contributed by atoms with E-state index in [2.05, 4.69) is 14.9 Å². The van der Waals surface area contributed by atoms with Crippen LogP contribution in [-0.2, 0) is 4.79 Å². The molecule has 0 bridgehead atoms. The summed E-state index contributed by atoms with van der Waals surface area (Å²) in [5, 5.41) is 2.96. The Morgan fingerprint density at radius 1 is 1.29 bits per heavy atom. The summed E-state index contributed by atoms with van der Waals surface area (Å²) in [6.45, 7) is 1.30. The first-order chi connectivity index (χ1) is 11.6. The monoisotopic (exact) mass is 342 g/mol. The number of fused-ring (bicyclic) bond motifs is 1. The van der Waals surface area contributed by atoms with Gasteiger partial charge in [0.05, 0.1) is 11.3 Å². The number of aromatic nitrogens is 2. The summed E-state index contributed by atoms with van der Waals surface area (Å²) in [5.74, 6) is 0.123. The van der Waals surface area contributed by atoms with Crippen molar-refractivity contribution in [2.75, 3.05) is 18.0 Å². The summed E-state index contributed by atoms with van der Waals surface area (Å²) < 4.78 is 13.2. The van der Waals surface area contributed by atoms with Crippen LogP contribution in [0.3, 0.4) is 0 Å². The third-order valence-electron chi connectivity index (χ3n) is 4.40. The van der Waals surface area contributed by atoms with Crippen molar-refractivity contribution < 1.29 is 9.18 Å². The van der Waals surface area contributed by atoms with Crippen molar-refractivity contribution in [2.45, 2.75) is 6.42 Å². The van der Waals surface area contributed by atoms with Crippen LogP contribution in [-0.4, -0.2) is 29.0 Å². The number of anilines is 1. The zero-order valence-electron chi connectivity index (χ0n) is 12.8. The lowest BCUT2D eigenvalue weighted by Gasteiger charge is -2.18. The van der Waals surface area contributed by atoms with Crippen molar-refractivity contribution in [3.8, 4) is 11.1 Å². The van der Waals surface area contributed by atoms with E-state index in [1.807, 2.05) is 5.38 Å². The molecule has 5 nitrogen and oxygen atoms in total. The zero-order valence-corrected chi connectivity index (χ0v) is 13.6. The van der Waals surface area contributed by atoms with Gasteiger partial charge in [-0.3, -0.25) is 4.79 Å². The van der Waals surface area contributed by atoms with Crippen LogP contribution in [0.5, 0.6) is 0 Å². The molecule has 2 aromatic heterocycles. The van der Waals surface area contributed by atoms with Gasteiger partial charge < -0.3 is 10.6 Å². The minimum absolute atomic E-state index is 0.150. The average molecular weight is 342 g/mol. The molecule has 0 radical (unpaired) electrons. The molecule has 1 aliphatic heterocycles. The molecule has 122 valence electrons. The van der Waals surface area contributed by atoms with E-state index in [4.69, 9.17) is 5.73 Å².